The molecule has 1 amide bonds. The van der Waals surface area contributed by atoms with E-state index in [1.807, 2.05) is 0 Å². The highest BCUT2D eigenvalue weighted by atomic mass is 19.4. The Morgan fingerprint density at radius 1 is 1.33 bits per heavy atom. The third kappa shape index (κ3) is 5.44. The Hall–Kier alpha value is -1.61. The van der Waals surface area contributed by atoms with Crippen molar-refractivity contribution in [3.05, 3.63) is 18.2 Å². The monoisotopic (exact) mass is 390 g/mol. The summed E-state index contributed by atoms with van der Waals surface area (Å²) in [5, 5.41) is 12.7. The number of piperidine rings is 1. The molecule has 1 aromatic rings. The van der Waals surface area contributed by atoms with E-state index in [4.69, 9.17) is 0 Å². The lowest BCUT2D eigenvalue weighted by Crippen LogP contribution is -2.48. The summed E-state index contributed by atoms with van der Waals surface area (Å²) in [5.41, 5.74) is -3.31. The summed E-state index contributed by atoms with van der Waals surface area (Å²) in [6.45, 7) is 7.49. The molecule has 0 saturated carbocycles. The minimum atomic E-state index is -5.01. The molecule has 2 rings (SSSR count). The van der Waals surface area contributed by atoms with E-state index in [0.29, 0.717) is 18.3 Å². The predicted octanol–water partition coefficient (Wildman–Crippen LogP) is 2.04. The molecule has 1 aliphatic heterocycles. The molecule has 6 nitrogen and oxygen atoms in total. The van der Waals surface area contributed by atoms with Crippen molar-refractivity contribution in [1.82, 2.24) is 19.8 Å². The Balaban J connectivity index is 1.85. The van der Waals surface area contributed by atoms with E-state index in [9.17, 15) is 23.1 Å². The largest absolute Gasteiger partial charge is 0.425 e. The number of alkyl halides is 3. The SMILES string of the molecule is CC1CC(C)CN(CCCNC(=O)CC(O)(c2nccn2C)C(F)(F)F)C1. The van der Waals surface area contributed by atoms with Crippen molar-refractivity contribution < 1.29 is 23.1 Å². The zero-order chi connectivity index (χ0) is 20.2. The zero-order valence-corrected chi connectivity index (χ0v) is 16.1. The van der Waals surface area contributed by atoms with Crippen LogP contribution in [-0.4, -0.2) is 57.8 Å². The quantitative estimate of drug-likeness (QED) is 0.699. The number of imidazole rings is 1. The van der Waals surface area contributed by atoms with Gasteiger partial charge in [-0.25, -0.2) is 4.98 Å². The number of amides is 1. The Labute approximate surface area is 157 Å². The van der Waals surface area contributed by atoms with Crippen molar-refractivity contribution in [3.8, 4) is 0 Å². The Morgan fingerprint density at radius 3 is 2.48 bits per heavy atom. The topological polar surface area (TPSA) is 70.4 Å². The first kappa shape index (κ1) is 21.7. The summed E-state index contributed by atoms with van der Waals surface area (Å²) in [4.78, 5) is 18.0. The van der Waals surface area contributed by atoms with Crippen molar-refractivity contribution in [2.75, 3.05) is 26.2 Å². The first-order valence-electron chi connectivity index (χ1n) is 9.29. The first-order valence-corrected chi connectivity index (χ1v) is 9.29. The van der Waals surface area contributed by atoms with Crippen LogP contribution in [0.3, 0.4) is 0 Å². The van der Waals surface area contributed by atoms with Crippen molar-refractivity contribution in [2.45, 2.75) is 44.9 Å². The van der Waals surface area contributed by atoms with Gasteiger partial charge >= 0.3 is 6.18 Å². The number of hydrogen-bond acceptors (Lipinski definition) is 4. The second kappa shape index (κ2) is 8.60. The fourth-order valence-electron chi connectivity index (χ4n) is 3.87. The maximum atomic E-state index is 13.4. The number of halogens is 3. The number of rotatable bonds is 7. The van der Waals surface area contributed by atoms with Crippen LogP contribution in [0.5, 0.6) is 0 Å². The van der Waals surface area contributed by atoms with E-state index >= 15 is 0 Å². The van der Waals surface area contributed by atoms with Crippen molar-refractivity contribution in [2.24, 2.45) is 18.9 Å². The van der Waals surface area contributed by atoms with Crippen molar-refractivity contribution in [1.29, 1.82) is 0 Å². The molecule has 3 unspecified atom stereocenters. The minimum Gasteiger partial charge on any atom is -0.374 e. The fraction of sp³-hybridized carbons (Fsp3) is 0.778. The molecule has 0 aliphatic carbocycles. The molecule has 2 heterocycles. The van der Waals surface area contributed by atoms with E-state index in [1.54, 1.807) is 0 Å². The van der Waals surface area contributed by atoms with Gasteiger partial charge in [0.2, 0.25) is 11.5 Å². The second-order valence-corrected chi connectivity index (χ2v) is 7.81. The molecule has 1 aliphatic rings. The standard InChI is InChI=1S/C18H29F3N4O2/c1-13-9-14(2)12-25(11-13)7-4-5-22-15(26)10-17(27,18(19,20)21)16-23-6-8-24(16)3/h6,8,13-14,27H,4-5,7,9-12H2,1-3H3,(H,22,26). The fourth-order valence-corrected chi connectivity index (χ4v) is 3.87. The number of nitrogens with zero attached hydrogens (tertiary/aromatic N) is 3. The molecule has 1 fully saturated rings. The molecule has 1 saturated heterocycles. The van der Waals surface area contributed by atoms with Gasteiger partial charge in [0.1, 0.15) is 0 Å². The van der Waals surface area contributed by atoms with Crippen LogP contribution >= 0.6 is 0 Å². The Morgan fingerprint density at radius 2 is 1.96 bits per heavy atom. The third-order valence-corrected chi connectivity index (χ3v) is 4.99. The molecule has 0 bridgehead atoms. The molecule has 2 N–H and O–H groups in total. The van der Waals surface area contributed by atoms with E-state index in [2.05, 4.69) is 29.0 Å². The summed E-state index contributed by atoms with van der Waals surface area (Å²) in [6, 6.07) is 0. The smallest absolute Gasteiger partial charge is 0.374 e. The summed E-state index contributed by atoms with van der Waals surface area (Å²) >= 11 is 0. The van der Waals surface area contributed by atoms with Crippen molar-refractivity contribution in [3.63, 3.8) is 0 Å². The summed E-state index contributed by atoms with van der Waals surface area (Å²) in [5.74, 6) is -0.189. The molecule has 0 spiro atoms. The maximum Gasteiger partial charge on any atom is 0.425 e. The normalized spacial score (nSPS) is 23.8. The van der Waals surface area contributed by atoms with Crippen LogP contribution in [0.15, 0.2) is 12.4 Å². The Bertz CT molecular complexity index is 624. The maximum absolute atomic E-state index is 13.4. The van der Waals surface area contributed by atoms with Gasteiger partial charge in [-0.3, -0.25) is 4.79 Å². The summed E-state index contributed by atoms with van der Waals surface area (Å²) in [7, 11) is 1.34. The number of hydrogen-bond donors (Lipinski definition) is 2. The third-order valence-electron chi connectivity index (χ3n) is 4.99. The average Bonchev–Trinajstić information content (AvgIpc) is 2.96. The van der Waals surface area contributed by atoms with Crippen LogP contribution in [0.1, 0.15) is 38.9 Å². The van der Waals surface area contributed by atoms with Gasteiger partial charge in [-0.2, -0.15) is 13.2 Å². The molecule has 9 heteroatoms. The van der Waals surface area contributed by atoms with Crippen LogP contribution in [0.25, 0.3) is 0 Å². The van der Waals surface area contributed by atoms with Gasteiger partial charge in [-0.05, 0) is 31.2 Å². The number of likely N-dealkylation sites (tertiary alicyclic amines) is 1. The van der Waals surface area contributed by atoms with Crippen LogP contribution < -0.4 is 5.32 Å². The van der Waals surface area contributed by atoms with Crippen LogP contribution in [0.4, 0.5) is 13.2 Å². The van der Waals surface area contributed by atoms with E-state index in [1.165, 1.54) is 19.7 Å². The molecule has 1 aromatic heterocycles. The van der Waals surface area contributed by atoms with E-state index in [0.717, 1.165) is 30.4 Å². The lowest BCUT2D eigenvalue weighted by molar-refractivity contribution is -0.271. The molecule has 0 aromatic carbocycles. The highest BCUT2D eigenvalue weighted by molar-refractivity contribution is 5.77. The molecular weight excluding hydrogens is 361 g/mol. The predicted molar refractivity (Wildman–Crippen MR) is 94.8 cm³/mol. The summed E-state index contributed by atoms with van der Waals surface area (Å²) in [6.07, 6.45) is -1.81. The van der Waals surface area contributed by atoms with Gasteiger partial charge < -0.3 is 19.9 Å². The summed E-state index contributed by atoms with van der Waals surface area (Å²) < 4.78 is 41.3. The lowest BCUT2D eigenvalue weighted by Gasteiger charge is -2.35. The number of aliphatic hydroxyl groups is 1. The van der Waals surface area contributed by atoms with Gasteiger partial charge in [0.25, 0.3) is 0 Å². The van der Waals surface area contributed by atoms with Crippen LogP contribution in [0.2, 0.25) is 0 Å². The first-order chi connectivity index (χ1) is 12.5. The zero-order valence-electron chi connectivity index (χ0n) is 16.1. The highest BCUT2D eigenvalue weighted by Crippen LogP contribution is 2.40. The molecule has 154 valence electrons. The van der Waals surface area contributed by atoms with Crippen molar-refractivity contribution >= 4 is 5.91 Å². The molecule has 3 atom stereocenters. The number of carbonyl (C=O) groups is 1. The average molecular weight is 390 g/mol. The number of carbonyl (C=O) groups excluding carboxylic acids is 1. The van der Waals surface area contributed by atoms with Crippen LogP contribution in [-0.2, 0) is 17.4 Å². The molecular formula is C18H29F3N4O2. The minimum absolute atomic E-state index is 0.270. The van der Waals surface area contributed by atoms with E-state index in [-0.39, 0.29) is 6.54 Å². The van der Waals surface area contributed by atoms with Crippen LogP contribution in [0, 0.1) is 11.8 Å². The van der Waals surface area contributed by atoms with Gasteiger partial charge in [0, 0.05) is 39.1 Å². The molecule has 27 heavy (non-hydrogen) atoms. The van der Waals surface area contributed by atoms with Gasteiger partial charge in [0.05, 0.1) is 6.42 Å². The number of nitrogens with one attached hydrogen (secondary N) is 1. The van der Waals surface area contributed by atoms with Gasteiger partial charge in [0.15, 0.2) is 5.82 Å². The second-order valence-electron chi connectivity index (χ2n) is 7.81. The number of aromatic nitrogens is 2. The Kier molecular flexibility index (Phi) is 6.91. The van der Waals surface area contributed by atoms with Gasteiger partial charge in [-0.15, -0.1) is 0 Å². The highest BCUT2D eigenvalue weighted by Gasteiger charge is 2.58. The van der Waals surface area contributed by atoms with E-state index < -0.39 is 29.9 Å². The molecule has 0 radical (unpaired) electrons. The lowest BCUT2D eigenvalue weighted by atomic mass is 9.92. The van der Waals surface area contributed by atoms with Gasteiger partial charge in [-0.1, -0.05) is 13.8 Å². The number of aryl methyl sites for hydroxylation is 1.